The summed E-state index contributed by atoms with van der Waals surface area (Å²) in [5.41, 5.74) is 1.32. The third-order valence-electron chi connectivity index (χ3n) is 4.88. The molecular formula is C22H18BrIN2O5S. The summed E-state index contributed by atoms with van der Waals surface area (Å²) in [5.74, 6) is 0.720. The number of ether oxygens (including phenoxy) is 2. The molecule has 1 aliphatic rings. The average molecular weight is 629 g/mol. The molecule has 166 valence electrons. The molecule has 3 aromatic rings. The zero-order chi connectivity index (χ0) is 23.0. The summed E-state index contributed by atoms with van der Waals surface area (Å²) >= 11 is 6.82. The molecule has 32 heavy (non-hydrogen) atoms. The Bertz CT molecular complexity index is 1420. The number of carbonyl (C=O) groups excluding carboxylic acids is 1. The summed E-state index contributed by atoms with van der Waals surface area (Å²) in [4.78, 5) is 31.5. The van der Waals surface area contributed by atoms with Gasteiger partial charge in [0.15, 0.2) is 8.57 Å². The number of methoxy groups -OCH3 is 1. The molecule has 0 N–H and O–H groups in total. The van der Waals surface area contributed by atoms with E-state index in [-0.39, 0.29) is 12.2 Å². The van der Waals surface area contributed by atoms with Crippen molar-refractivity contribution < 1.29 is 18.7 Å². The van der Waals surface area contributed by atoms with Crippen LogP contribution in [0.1, 0.15) is 31.2 Å². The van der Waals surface area contributed by atoms with E-state index in [1.807, 2.05) is 18.2 Å². The molecule has 0 saturated carbocycles. The average Bonchev–Trinajstić information content (AvgIpc) is 3.29. The van der Waals surface area contributed by atoms with E-state index in [4.69, 9.17) is 13.9 Å². The predicted molar refractivity (Wildman–Crippen MR) is 133 cm³/mol. The van der Waals surface area contributed by atoms with Gasteiger partial charge in [0.2, 0.25) is 0 Å². The van der Waals surface area contributed by atoms with Crippen LogP contribution in [0.5, 0.6) is 5.75 Å². The van der Waals surface area contributed by atoms with Crippen molar-refractivity contribution in [3.8, 4) is 5.75 Å². The zero-order valence-corrected chi connectivity index (χ0v) is 21.9. The van der Waals surface area contributed by atoms with Gasteiger partial charge in [0.25, 0.3) is 5.56 Å². The predicted octanol–water partition coefficient (Wildman–Crippen LogP) is 3.77. The lowest BCUT2D eigenvalue weighted by Gasteiger charge is -2.25. The molecule has 10 heteroatoms. The SMILES string of the molecule is CCOC(=O)C1=C(C)N=c2s/c(=C/c3ccc(I)o3)c(=O)n2[C@@H]1c1ccc(OC)c(Br)c1. The molecule has 0 aliphatic carbocycles. The Labute approximate surface area is 209 Å². The van der Waals surface area contributed by atoms with Crippen LogP contribution in [0.25, 0.3) is 6.08 Å². The van der Waals surface area contributed by atoms with Crippen molar-refractivity contribution in [2.75, 3.05) is 13.7 Å². The van der Waals surface area contributed by atoms with Crippen LogP contribution in [0.15, 0.2) is 60.3 Å². The second-order valence-electron chi connectivity index (χ2n) is 6.84. The summed E-state index contributed by atoms with van der Waals surface area (Å²) in [6.45, 7) is 3.71. The molecule has 1 aliphatic heterocycles. The van der Waals surface area contributed by atoms with Crippen molar-refractivity contribution in [1.29, 1.82) is 0 Å². The highest BCUT2D eigenvalue weighted by Gasteiger charge is 2.33. The third kappa shape index (κ3) is 4.23. The van der Waals surface area contributed by atoms with E-state index >= 15 is 0 Å². The number of benzene rings is 1. The lowest BCUT2D eigenvalue weighted by Crippen LogP contribution is -2.39. The molecule has 3 heterocycles. The molecule has 0 spiro atoms. The highest BCUT2D eigenvalue weighted by atomic mass is 127. The molecule has 0 bridgehead atoms. The lowest BCUT2D eigenvalue weighted by atomic mass is 9.96. The van der Waals surface area contributed by atoms with E-state index in [1.165, 1.54) is 15.9 Å². The van der Waals surface area contributed by atoms with E-state index in [2.05, 4.69) is 43.5 Å². The highest BCUT2D eigenvalue weighted by molar-refractivity contribution is 14.1. The number of carbonyl (C=O) groups is 1. The smallest absolute Gasteiger partial charge is 0.338 e. The Kier molecular flexibility index (Phi) is 6.72. The van der Waals surface area contributed by atoms with Gasteiger partial charge in [-0.25, -0.2) is 9.79 Å². The number of rotatable bonds is 5. The van der Waals surface area contributed by atoms with Gasteiger partial charge in [0, 0.05) is 6.08 Å². The molecule has 0 amide bonds. The molecule has 1 aromatic carbocycles. The minimum absolute atomic E-state index is 0.218. The molecule has 0 fully saturated rings. The van der Waals surface area contributed by atoms with Gasteiger partial charge >= 0.3 is 5.97 Å². The van der Waals surface area contributed by atoms with Crippen LogP contribution in [0.4, 0.5) is 0 Å². The largest absolute Gasteiger partial charge is 0.496 e. The monoisotopic (exact) mass is 628 g/mol. The summed E-state index contributed by atoms with van der Waals surface area (Å²) in [6.07, 6.45) is 1.69. The molecule has 0 radical (unpaired) electrons. The van der Waals surface area contributed by atoms with Gasteiger partial charge in [0.1, 0.15) is 11.5 Å². The van der Waals surface area contributed by atoms with E-state index in [0.29, 0.717) is 36.6 Å². The maximum Gasteiger partial charge on any atom is 0.338 e. The molecule has 7 nitrogen and oxygen atoms in total. The lowest BCUT2D eigenvalue weighted by molar-refractivity contribution is -0.139. The van der Waals surface area contributed by atoms with Crippen molar-refractivity contribution in [1.82, 2.24) is 4.57 Å². The second-order valence-corrected chi connectivity index (χ2v) is 9.76. The first-order valence-corrected chi connectivity index (χ1v) is 12.3. The summed E-state index contributed by atoms with van der Waals surface area (Å²) in [6, 6.07) is 8.40. The number of esters is 1. The van der Waals surface area contributed by atoms with Crippen LogP contribution in [0.3, 0.4) is 0 Å². The zero-order valence-electron chi connectivity index (χ0n) is 17.3. The number of fused-ring (bicyclic) bond motifs is 1. The Morgan fingerprint density at radius 1 is 1.38 bits per heavy atom. The van der Waals surface area contributed by atoms with E-state index < -0.39 is 12.0 Å². The maximum atomic E-state index is 13.5. The van der Waals surface area contributed by atoms with Gasteiger partial charge in [-0.15, -0.1) is 0 Å². The number of hydrogen-bond acceptors (Lipinski definition) is 7. The Balaban J connectivity index is 1.97. The Hall–Kier alpha value is -2.18. The standard InChI is InChI=1S/C22H18BrIN2O5S/c1-4-30-21(28)18-11(2)25-22-26(19(18)12-5-7-15(29-3)14(23)9-12)20(27)16(32-22)10-13-6-8-17(24)31-13/h5-10,19H,4H2,1-3H3/b16-10+/t19-/m1/s1. The molecule has 0 saturated heterocycles. The number of hydrogen-bond donors (Lipinski definition) is 0. The van der Waals surface area contributed by atoms with Crippen molar-refractivity contribution in [2.24, 2.45) is 4.99 Å². The second kappa shape index (κ2) is 9.36. The van der Waals surface area contributed by atoms with Crippen molar-refractivity contribution in [3.05, 3.63) is 80.9 Å². The van der Waals surface area contributed by atoms with Gasteiger partial charge in [-0.05, 0) is 82.2 Å². The molecule has 1 atom stereocenters. The van der Waals surface area contributed by atoms with Crippen LogP contribution in [-0.2, 0) is 9.53 Å². The number of thiazole rings is 1. The minimum atomic E-state index is -0.689. The maximum absolute atomic E-state index is 13.5. The van der Waals surface area contributed by atoms with Crippen molar-refractivity contribution in [3.63, 3.8) is 0 Å². The van der Waals surface area contributed by atoms with Crippen LogP contribution in [-0.4, -0.2) is 24.3 Å². The topological polar surface area (TPSA) is 83.0 Å². The molecular weight excluding hydrogens is 611 g/mol. The number of furan rings is 1. The van der Waals surface area contributed by atoms with Crippen LogP contribution in [0.2, 0.25) is 0 Å². The van der Waals surface area contributed by atoms with Crippen molar-refractivity contribution >= 4 is 61.9 Å². The number of allylic oxidation sites excluding steroid dienone is 1. The van der Waals surface area contributed by atoms with Crippen molar-refractivity contribution in [2.45, 2.75) is 19.9 Å². The number of aromatic nitrogens is 1. The normalized spacial score (nSPS) is 16.0. The van der Waals surface area contributed by atoms with E-state index in [0.717, 1.165) is 9.33 Å². The molecule has 0 unspecified atom stereocenters. The van der Waals surface area contributed by atoms with Gasteiger partial charge in [0.05, 0.1) is 40.0 Å². The first kappa shape index (κ1) is 23.0. The minimum Gasteiger partial charge on any atom is -0.496 e. The van der Waals surface area contributed by atoms with Crippen LogP contribution >= 0.6 is 49.9 Å². The van der Waals surface area contributed by atoms with Crippen LogP contribution < -0.4 is 19.6 Å². The molecule has 4 rings (SSSR count). The first-order valence-electron chi connectivity index (χ1n) is 9.62. The number of nitrogens with zero attached hydrogens (tertiary/aromatic N) is 2. The number of halogens is 2. The van der Waals surface area contributed by atoms with Gasteiger partial charge in [-0.3, -0.25) is 9.36 Å². The molecule has 2 aromatic heterocycles. The van der Waals surface area contributed by atoms with Gasteiger partial charge < -0.3 is 13.9 Å². The van der Waals surface area contributed by atoms with E-state index in [1.54, 1.807) is 39.2 Å². The fourth-order valence-corrected chi connectivity index (χ4v) is 5.51. The summed E-state index contributed by atoms with van der Waals surface area (Å²) < 4.78 is 19.7. The van der Waals surface area contributed by atoms with Gasteiger partial charge in [-0.2, -0.15) is 0 Å². The third-order valence-corrected chi connectivity index (χ3v) is 7.06. The van der Waals surface area contributed by atoms with Gasteiger partial charge in [-0.1, -0.05) is 17.4 Å². The highest BCUT2D eigenvalue weighted by Crippen LogP contribution is 2.34. The fourth-order valence-electron chi connectivity index (χ4n) is 3.49. The van der Waals surface area contributed by atoms with E-state index in [9.17, 15) is 9.59 Å². The first-order chi connectivity index (χ1) is 15.3. The quantitative estimate of drug-likeness (QED) is 0.317. The summed E-state index contributed by atoms with van der Waals surface area (Å²) in [7, 11) is 1.58. The Morgan fingerprint density at radius 2 is 2.16 bits per heavy atom. The Morgan fingerprint density at radius 3 is 2.78 bits per heavy atom. The van der Waals surface area contributed by atoms with Crippen LogP contribution in [0, 0.1) is 3.77 Å². The summed E-state index contributed by atoms with van der Waals surface area (Å²) in [5, 5.41) is 0. The fraction of sp³-hybridized carbons (Fsp3) is 0.227.